The highest BCUT2D eigenvalue weighted by atomic mass is 35.5. The van der Waals surface area contributed by atoms with Crippen molar-refractivity contribution in [2.75, 3.05) is 61.8 Å². The molecule has 244 valence electrons. The van der Waals surface area contributed by atoms with Gasteiger partial charge in [0.1, 0.15) is 11.0 Å². The monoisotopic (exact) mass is 669 g/mol. The number of anilines is 2. The van der Waals surface area contributed by atoms with Gasteiger partial charge in [0.25, 0.3) is 0 Å². The van der Waals surface area contributed by atoms with Gasteiger partial charge in [0.2, 0.25) is 5.91 Å². The lowest BCUT2D eigenvalue weighted by molar-refractivity contribution is -0.130. The van der Waals surface area contributed by atoms with Crippen LogP contribution in [0.15, 0.2) is 96.2 Å². The minimum absolute atomic E-state index is 0.0398. The van der Waals surface area contributed by atoms with Crippen LogP contribution in [0.25, 0.3) is 0 Å². The summed E-state index contributed by atoms with van der Waals surface area (Å²) in [5, 5.41) is 3.82. The SMILES string of the molecule is Cc1cccc(NC(=O)N2CCN(c3cc(Cl)nc(SCC(=O)N4CCN(C(c5ccccc5)c5ccccc5)CC4)n3)CC2C)c1. The van der Waals surface area contributed by atoms with Crippen molar-refractivity contribution < 1.29 is 9.59 Å². The van der Waals surface area contributed by atoms with Gasteiger partial charge in [0, 0.05) is 63.6 Å². The Balaban J connectivity index is 1.02. The van der Waals surface area contributed by atoms with E-state index in [9.17, 15) is 9.59 Å². The van der Waals surface area contributed by atoms with Gasteiger partial charge in [-0.25, -0.2) is 14.8 Å². The normalized spacial score (nSPS) is 17.2. The van der Waals surface area contributed by atoms with Crippen molar-refractivity contribution in [1.29, 1.82) is 0 Å². The fraction of sp³-hybridized carbons (Fsp3) is 0.333. The molecule has 2 aliphatic heterocycles. The number of halogens is 1. The molecule has 0 aliphatic carbocycles. The summed E-state index contributed by atoms with van der Waals surface area (Å²) in [6, 6.07) is 30.6. The molecule has 3 heterocycles. The first kappa shape index (κ1) is 32.8. The van der Waals surface area contributed by atoms with Gasteiger partial charge < -0.3 is 20.0 Å². The Hall–Kier alpha value is -4.12. The molecule has 0 radical (unpaired) electrons. The van der Waals surface area contributed by atoms with Gasteiger partial charge in [0.15, 0.2) is 5.16 Å². The van der Waals surface area contributed by atoms with Crippen LogP contribution in [0.5, 0.6) is 0 Å². The fourth-order valence-electron chi connectivity index (χ4n) is 6.33. The lowest BCUT2D eigenvalue weighted by atomic mass is 9.96. The Kier molecular flexibility index (Phi) is 10.6. The Morgan fingerprint density at radius 1 is 0.872 bits per heavy atom. The van der Waals surface area contributed by atoms with Gasteiger partial charge in [0.05, 0.1) is 11.8 Å². The molecule has 47 heavy (non-hydrogen) atoms. The minimum atomic E-state index is -0.116. The van der Waals surface area contributed by atoms with E-state index in [1.54, 1.807) is 6.07 Å². The number of nitrogens with one attached hydrogen (secondary N) is 1. The van der Waals surface area contributed by atoms with Crippen LogP contribution in [0.4, 0.5) is 16.3 Å². The molecular formula is C36H40ClN7O2S. The van der Waals surface area contributed by atoms with E-state index in [4.69, 9.17) is 16.6 Å². The number of benzene rings is 3. The lowest BCUT2D eigenvalue weighted by Gasteiger charge is -2.40. The zero-order valence-electron chi connectivity index (χ0n) is 26.8. The van der Waals surface area contributed by atoms with E-state index < -0.39 is 0 Å². The van der Waals surface area contributed by atoms with E-state index in [0.29, 0.717) is 48.9 Å². The highest BCUT2D eigenvalue weighted by Gasteiger charge is 2.30. The number of carbonyl (C=O) groups is 2. The van der Waals surface area contributed by atoms with Gasteiger partial charge in [-0.05, 0) is 42.7 Å². The molecule has 0 spiro atoms. The Morgan fingerprint density at radius 2 is 1.55 bits per heavy atom. The first-order valence-electron chi connectivity index (χ1n) is 16.0. The van der Waals surface area contributed by atoms with Crippen molar-refractivity contribution in [2.24, 2.45) is 0 Å². The number of thioether (sulfide) groups is 1. The number of rotatable bonds is 8. The van der Waals surface area contributed by atoms with E-state index in [0.717, 1.165) is 24.3 Å². The molecule has 2 aliphatic rings. The molecule has 1 aromatic heterocycles. The van der Waals surface area contributed by atoms with E-state index in [1.807, 2.05) is 60.0 Å². The zero-order valence-corrected chi connectivity index (χ0v) is 28.3. The van der Waals surface area contributed by atoms with Gasteiger partial charge >= 0.3 is 6.03 Å². The molecule has 2 fully saturated rings. The maximum atomic E-state index is 13.3. The summed E-state index contributed by atoms with van der Waals surface area (Å²) >= 11 is 7.74. The predicted octanol–water partition coefficient (Wildman–Crippen LogP) is 6.21. The summed E-state index contributed by atoms with van der Waals surface area (Å²) in [7, 11) is 0. The Bertz CT molecular complexity index is 1630. The zero-order chi connectivity index (χ0) is 32.8. The first-order valence-corrected chi connectivity index (χ1v) is 17.4. The van der Waals surface area contributed by atoms with Crippen LogP contribution < -0.4 is 10.2 Å². The van der Waals surface area contributed by atoms with Crippen LogP contribution in [0, 0.1) is 6.92 Å². The molecule has 1 unspecified atom stereocenters. The summed E-state index contributed by atoms with van der Waals surface area (Å²) in [5.41, 5.74) is 4.39. The number of aryl methyl sites for hydroxylation is 1. The second kappa shape index (κ2) is 15.2. The third-order valence-electron chi connectivity index (χ3n) is 8.73. The molecule has 9 nitrogen and oxygen atoms in total. The minimum Gasteiger partial charge on any atom is -0.353 e. The van der Waals surface area contributed by atoms with Crippen molar-refractivity contribution in [3.63, 3.8) is 0 Å². The van der Waals surface area contributed by atoms with Crippen molar-refractivity contribution >= 4 is 46.8 Å². The highest BCUT2D eigenvalue weighted by Crippen LogP contribution is 2.30. The lowest BCUT2D eigenvalue weighted by Crippen LogP contribution is -2.55. The van der Waals surface area contributed by atoms with Crippen molar-refractivity contribution in [3.8, 4) is 0 Å². The average Bonchev–Trinajstić information content (AvgIpc) is 3.08. The molecule has 4 aromatic rings. The van der Waals surface area contributed by atoms with Crippen LogP contribution in [0.3, 0.4) is 0 Å². The molecule has 0 saturated carbocycles. The molecular weight excluding hydrogens is 630 g/mol. The number of hydrogen-bond acceptors (Lipinski definition) is 7. The number of carbonyl (C=O) groups excluding carboxylic acids is 2. The summed E-state index contributed by atoms with van der Waals surface area (Å²) in [4.78, 5) is 43.8. The maximum absolute atomic E-state index is 13.3. The number of hydrogen-bond donors (Lipinski definition) is 1. The van der Waals surface area contributed by atoms with Crippen molar-refractivity contribution in [3.05, 3.63) is 113 Å². The van der Waals surface area contributed by atoms with E-state index in [2.05, 4.69) is 68.6 Å². The van der Waals surface area contributed by atoms with Gasteiger partial charge in [-0.2, -0.15) is 0 Å². The number of aromatic nitrogens is 2. The molecule has 1 N–H and O–H groups in total. The predicted molar refractivity (Wildman–Crippen MR) is 189 cm³/mol. The molecule has 11 heteroatoms. The standard InChI is InChI=1S/C36H40ClN7O2S/c1-26-10-9-15-30(22-26)38-36(46)44-21-20-43(24-27(44)2)32-23-31(37)39-35(40-32)47-25-33(45)41-16-18-42(19-17-41)34(28-11-5-3-6-12-28)29-13-7-4-8-14-29/h3-15,22-23,27,34H,16-21,24-25H2,1-2H3,(H,38,46). The fourth-order valence-corrected chi connectivity index (χ4v) is 7.31. The second-order valence-corrected chi connectivity index (χ2v) is 13.4. The van der Waals surface area contributed by atoms with E-state index in [-0.39, 0.29) is 29.8 Å². The van der Waals surface area contributed by atoms with Crippen LogP contribution in [0.1, 0.15) is 29.7 Å². The molecule has 0 bridgehead atoms. The molecule has 3 amide bonds. The first-order chi connectivity index (χ1) is 22.8. The van der Waals surface area contributed by atoms with Crippen LogP contribution in [-0.2, 0) is 4.79 Å². The number of amides is 3. The topological polar surface area (TPSA) is 84.9 Å². The summed E-state index contributed by atoms with van der Waals surface area (Å²) < 4.78 is 0. The van der Waals surface area contributed by atoms with E-state index >= 15 is 0 Å². The van der Waals surface area contributed by atoms with Crippen LogP contribution in [0.2, 0.25) is 5.15 Å². The highest BCUT2D eigenvalue weighted by molar-refractivity contribution is 7.99. The van der Waals surface area contributed by atoms with E-state index in [1.165, 1.54) is 22.9 Å². The molecule has 2 saturated heterocycles. The summed E-state index contributed by atoms with van der Waals surface area (Å²) in [6.07, 6.45) is 0. The van der Waals surface area contributed by atoms with Crippen molar-refractivity contribution in [1.82, 2.24) is 24.7 Å². The molecule has 6 rings (SSSR count). The molecule has 1 atom stereocenters. The third kappa shape index (κ3) is 8.25. The smallest absolute Gasteiger partial charge is 0.322 e. The summed E-state index contributed by atoms with van der Waals surface area (Å²) in [6.45, 7) is 8.69. The van der Waals surface area contributed by atoms with Crippen LogP contribution in [-0.4, -0.2) is 94.2 Å². The largest absolute Gasteiger partial charge is 0.353 e. The van der Waals surface area contributed by atoms with Gasteiger partial charge in [-0.1, -0.05) is 96.2 Å². The van der Waals surface area contributed by atoms with Crippen LogP contribution >= 0.6 is 23.4 Å². The average molecular weight is 670 g/mol. The third-order valence-corrected chi connectivity index (χ3v) is 9.76. The number of piperazine rings is 2. The second-order valence-electron chi connectivity index (χ2n) is 12.0. The summed E-state index contributed by atoms with van der Waals surface area (Å²) in [5.74, 6) is 1.01. The number of urea groups is 1. The van der Waals surface area contributed by atoms with Crippen molar-refractivity contribution in [2.45, 2.75) is 31.1 Å². The Labute approximate surface area is 285 Å². The quantitative estimate of drug-likeness (QED) is 0.136. The molecule has 3 aromatic carbocycles. The number of nitrogens with zero attached hydrogens (tertiary/aromatic N) is 6. The Morgan fingerprint density at radius 3 is 2.19 bits per heavy atom. The van der Waals surface area contributed by atoms with Gasteiger partial charge in [-0.3, -0.25) is 9.69 Å². The maximum Gasteiger partial charge on any atom is 0.322 e. The van der Waals surface area contributed by atoms with Gasteiger partial charge in [-0.15, -0.1) is 0 Å².